The van der Waals surface area contributed by atoms with Gasteiger partial charge in [-0.3, -0.25) is 9.69 Å². The number of amides is 1. The molecule has 2 aromatic rings. The Morgan fingerprint density at radius 2 is 1.75 bits per heavy atom. The molecule has 0 bridgehead atoms. The summed E-state index contributed by atoms with van der Waals surface area (Å²) in [6.07, 6.45) is 0.952. The van der Waals surface area contributed by atoms with Crippen molar-refractivity contribution in [2.45, 2.75) is 20.3 Å². The Bertz CT molecular complexity index is 798. The molecular weight excluding hydrogens is 352 g/mol. The predicted molar refractivity (Wildman–Crippen MR) is 111 cm³/mol. The highest BCUT2D eigenvalue weighted by atomic mass is 16.5. The Labute approximate surface area is 167 Å². The first kappa shape index (κ1) is 20.2. The van der Waals surface area contributed by atoms with Gasteiger partial charge in [-0.05, 0) is 55.2 Å². The lowest BCUT2D eigenvalue weighted by Crippen LogP contribution is -2.50. The Morgan fingerprint density at radius 3 is 2.46 bits per heavy atom. The normalized spacial score (nSPS) is 14.8. The van der Waals surface area contributed by atoms with Crippen molar-refractivity contribution < 1.29 is 14.3 Å². The molecule has 1 amide bonds. The number of hydrogen-bond donors (Lipinski definition) is 0. The van der Waals surface area contributed by atoms with Gasteiger partial charge in [-0.15, -0.1) is 0 Å². The lowest BCUT2D eigenvalue weighted by atomic mass is 10.1. The maximum Gasteiger partial charge on any atom is 0.260 e. The molecule has 1 fully saturated rings. The number of methoxy groups -OCH3 is 1. The molecule has 28 heavy (non-hydrogen) atoms. The standard InChI is InChI=1S/C23H30N2O3/c1-18-8-9-21(16-19(18)2)28-17-23(26)25-14-12-24(13-15-25)11-10-20-6-4-5-7-22(20)27-3/h4-9,16H,10-15,17H2,1-3H3. The lowest BCUT2D eigenvalue weighted by Gasteiger charge is -2.34. The van der Waals surface area contributed by atoms with E-state index in [1.165, 1.54) is 16.7 Å². The van der Waals surface area contributed by atoms with E-state index in [-0.39, 0.29) is 12.5 Å². The van der Waals surface area contributed by atoms with Crippen molar-refractivity contribution in [1.82, 2.24) is 9.80 Å². The summed E-state index contributed by atoms with van der Waals surface area (Å²) < 4.78 is 11.1. The molecule has 150 valence electrons. The van der Waals surface area contributed by atoms with Gasteiger partial charge in [-0.25, -0.2) is 0 Å². The van der Waals surface area contributed by atoms with Crippen LogP contribution in [-0.2, 0) is 11.2 Å². The van der Waals surface area contributed by atoms with Gasteiger partial charge in [0, 0.05) is 32.7 Å². The fraction of sp³-hybridized carbons (Fsp3) is 0.435. The predicted octanol–water partition coefficient (Wildman–Crippen LogP) is 3.08. The average molecular weight is 383 g/mol. The number of benzene rings is 2. The van der Waals surface area contributed by atoms with Crippen molar-refractivity contribution in [3.63, 3.8) is 0 Å². The molecule has 1 heterocycles. The summed E-state index contributed by atoms with van der Waals surface area (Å²) in [5, 5.41) is 0. The second-order valence-corrected chi connectivity index (χ2v) is 7.32. The fourth-order valence-electron chi connectivity index (χ4n) is 3.45. The number of nitrogens with zero attached hydrogens (tertiary/aromatic N) is 2. The van der Waals surface area contributed by atoms with Crippen molar-refractivity contribution in [3.05, 3.63) is 59.2 Å². The van der Waals surface area contributed by atoms with Gasteiger partial charge in [0.15, 0.2) is 6.61 Å². The third-order valence-corrected chi connectivity index (χ3v) is 5.46. The van der Waals surface area contributed by atoms with Crippen molar-refractivity contribution in [2.24, 2.45) is 0 Å². The highest BCUT2D eigenvalue weighted by Gasteiger charge is 2.21. The quantitative estimate of drug-likeness (QED) is 0.738. The highest BCUT2D eigenvalue weighted by molar-refractivity contribution is 5.77. The molecule has 5 nitrogen and oxygen atoms in total. The molecule has 0 radical (unpaired) electrons. The number of para-hydroxylation sites is 1. The topological polar surface area (TPSA) is 42.0 Å². The molecule has 0 spiro atoms. The van der Waals surface area contributed by atoms with E-state index in [1.807, 2.05) is 48.2 Å². The van der Waals surface area contributed by atoms with Crippen molar-refractivity contribution >= 4 is 5.91 Å². The van der Waals surface area contributed by atoms with E-state index in [4.69, 9.17) is 9.47 Å². The van der Waals surface area contributed by atoms with Crippen LogP contribution in [0.1, 0.15) is 16.7 Å². The number of piperazine rings is 1. The number of rotatable bonds is 7. The molecule has 3 rings (SSSR count). The van der Waals surface area contributed by atoms with Crippen LogP contribution in [0.4, 0.5) is 0 Å². The molecular formula is C23H30N2O3. The van der Waals surface area contributed by atoms with Gasteiger partial charge in [-0.1, -0.05) is 24.3 Å². The van der Waals surface area contributed by atoms with Crippen LogP contribution < -0.4 is 9.47 Å². The lowest BCUT2D eigenvalue weighted by molar-refractivity contribution is -0.135. The van der Waals surface area contributed by atoms with E-state index in [0.29, 0.717) is 0 Å². The maximum atomic E-state index is 12.5. The first-order valence-electron chi connectivity index (χ1n) is 9.89. The summed E-state index contributed by atoms with van der Waals surface area (Å²) >= 11 is 0. The molecule has 2 aromatic carbocycles. The van der Waals surface area contributed by atoms with Crippen LogP contribution in [0.2, 0.25) is 0 Å². The Morgan fingerprint density at radius 1 is 1.00 bits per heavy atom. The van der Waals surface area contributed by atoms with Gasteiger partial charge in [0.2, 0.25) is 0 Å². The van der Waals surface area contributed by atoms with Crippen LogP contribution in [-0.4, -0.2) is 62.1 Å². The van der Waals surface area contributed by atoms with Crippen LogP contribution >= 0.6 is 0 Å². The van der Waals surface area contributed by atoms with Crippen molar-refractivity contribution in [1.29, 1.82) is 0 Å². The molecule has 0 saturated carbocycles. The summed E-state index contributed by atoms with van der Waals surface area (Å²) in [5.41, 5.74) is 3.63. The molecule has 1 aliphatic heterocycles. The largest absolute Gasteiger partial charge is 0.496 e. The summed E-state index contributed by atoms with van der Waals surface area (Å²) in [7, 11) is 1.71. The van der Waals surface area contributed by atoms with Crippen LogP contribution in [0.3, 0.4) is 0 Å². The molecule has 0 aromatic heterocycles. The maximum absolute atomic E-state index is 12.5. The van der Waals surface area contributed by atoms with Crippen LogP contribution in [0.5, 0.6) is 11.5 Å². The van der Waals surface area contributed by atoms with Crippen molar-refractivity contribution in [3.8, 4) is 11.5 Å². The number of aryl methyl sites for hydroxylation is 2. The fourth-order valence-corrected chi connectivity index (χ4v) is 3.45. The molecule has 1 aliphatic rings. The minimum absolute atomic E-state index is 0.0580. The van der Waals surface area contributed by atoms with E-state index in [2.05, 4.69) is 17.9 Å². The third-order valence-electron chi connectivity index (χ3n) is 5.46. The summed E-state index contributed by atoms with van der Waals surface area (Å²) in [4.78, 5) is 16.8. The zero-order chi connectivity index (χ0) is 19.9. The van der Waals surface area contributed by atoms with Gasteiger partial charge >= 0.3 is 0 Å². The van der Waals surface area contributed by atoms with Crippen LogP contribution in [0.15, 0.2) is 42.5 Å². The summed E-state index contributed by atoms with van der Waals surface area (Å²) in [6.45, 7) is 8.48. The Kier molecular flexibility index (Phi) is 6.93. The summed E-state index contributed by atoms with van der Waals surface area (Å²) in [6, 6.07) is 14.1. The van der Waals surface area contributed by atoms with Gasteiger partial charge in [0.1, 0.15) is 11.5 Å². The highest BCUT2D eigenvalue weighted by Crippen LogP contribution is 2.19. The molecule has 1 saturated heterocycles. The van der Waals surface area contributed by atoms with Crippen molar-refractivity contribution in [2.75, 3.05) is 46.4 Å². The first-order valence-corrected chi connectivity index (χ1v) is 9.89. The monoisotopic (exact) mass is 382 g/mol. The number of hydrogen-bond acceptors (Lipinski definition) is 4. The minimum Gasteiger partial charge on any atom is -0.496 e. The average Bonchev–Trinajstić information content (AvgIpc) is 2.73. The van der Waals surface area contributed by atoms with Gasteiger partial charge in [-0.2, -0.15) is 0 Å². The number of carbonyl (C=O) groups excluding carboxylic acids is 1. The Balaban J connectivity index is 1.41. The second kappa shape index (κ2) is 9.60. The second-order valence-electron chi connectivity index (χ2n) is 7.32. The third kappa shape index (κ3) is 5.26. The van der Waals surface area contributed by atoms with E-state index < -0.39 is 0 Å². The SMILES string of the molecule is COc1ccccc1CCN1CCN(C(=O)COc2ccc(C)c(C)c2)CC1. The van der Waals surface area contributed by atoms with Crippen LogP contribution in [0.25, 0.3) is 0 Å². The van der Waals surface area contributed by atoms with Gasteiger partial charge < -0.3 is 14.4 Å². The van der Waals surface area contributed by atoms with E-state index in [0.717, 1.165) is 50.6 Å². The van der Waals surface area contributed by atoms with Gasteiger partial charge in [0.05, 0.1) is 7.11 Å². The minimum atomic E-state index is 0.0580. The smallest absolute Gasteiger partial charge is 0.260 e. The number of carbonyl (C=O) groups is 1. The zero-order valence-corrected chi connectivity index (χ0v) is 17.1. The van der Waals surface area contributed by atoms with E-state index in [1.54, 1.807) is 7.11 Å². The Hall–Kier alpha value is -2.53. The molecule has 0 aliphatic carbocycles. The van der Waals surface area contributed by atoms with Gasteiger partial charge in [0.25, 0.3) is 5.91 Å². The van der Waals surface area contributed by atoms with E-state index in [9.17, 15) is 4.79 Å². The molecule has 0 atom stereocenters. The molecule has 5 heteroatoms. The molecule has 0 unspecified atom stereocenters. The zero-order valence-electron chi connectivity index (χ0n) is 17.1. The molecule has 0 N–H and O–H groups in total. The number of ether oxygens (including phenoxy) is 2. The van der Waals surface area contributed by atoms with Crippen LogP contribution in [0, 0.1) is 13.8 Å². The first-order chi connectivity index (χ1) is 13.6. The van der Waals surface area contributed by atoms with E-state index >= 15 is 0 Å². The summed E-state index contributed by atoms with van der Waals surface area (Å²) in [5.74, 6) is 1.76.